The number of nitrogens with zero attached hydrogens (tertiary/aromatic N) is 1. The van der Waals surface area contributed by atoms with Crippen molar-refractivity contribution in [1.29, 1.82) is 0 Å². The Balaban J connectivity index is 1.44. The first kappa shape index (κ1) is 28.0. The van der Waals surface area contributed by atoms with Gasteiger partial charge in [-0.05, 0) is 48.7 Å². The quantitative estimate of drug-likeness (QED) is 0.273. The molecule has 1 atom stereocenters. The van der Waals surface area contributed by atoms with Crippen LogP contribution in [0, 0.1) is 19.7 Å². The van der Waals surface area contributed by atoms with Gasteiger partial charge in [-0.15, -0.1) is 0 Å². The fraction of sp³-hybridized carbons (Fsp3) is 0.200. The van der Waals surface area contributed by atoms with Crippen LogP contribution in [0.2, 0.25) is 0 Å². The summed E-state index contributed by atoms with van der Waals surface area (Å²) in [5.41, 5.74) is 3.07. The molecule has 0 aliphatic heterocycles. The zero-order chi connectivity index (χ0) is 28.5. The predicted molar refractivity (Wildman–Crippen MR) is 143 cm³/mol. The Morgan fingerprint density at radius 3 is 2.12 bits per heavy atom. The van der Waals surface area contributed by atoms with Crippen LogP contribution in [0.4, 0.5) is 9.18 Å². The standard InChI is InChI=1S/C30H28FN3O6/c1-19-27(20(2)40-34-19)23-13-24(15-25(31)14-23)28(35)32-16-26(29(36)38-17-21-9-5-3-6-10-21)33-30(37)39-18-22-11-7-4-8-12-22/h3-15,26H,16-18H2,1-2H3,(H,32,35)(H,33,37)/t26-/m1/s1. The van der Waals surface area contributed by atoms with Crippen molar-refractivity contribution in [3.05, 3.63) is 113 Å². The minimum atomic E-state index is -1.27. The number of rotatable bonds is 10. The van der Waals surface area contributed by atoms with E-state index in [0.717, 1.165) is 17.2 Å². The van der Waals surface area contributed by atoms with Crippen molar-refractivity contribution in [1.82, 2.24) is 15.8 Å². The lowest BCUT2D eigenvalue weighted by Gasteiger charge is -2.18. The van der Waals surface area contributed by atoms with Gasteiger partial charge < -0.3 is 24.6 Å². The normalized spacial score (nSPS) is 11.4. The van der Waals surface area contributed by atoms with Crippen molar-refractivity contribution in [2.45, 2.75) is 33.1 Å². The average Bonchev–Trinajstić information content (AvgIpc) is 3.30. The van der Waals surface area contributed by atoms with Gasteiger partial charge in [0.05, 0.1) is 5.69 Å². The second-order valence-corrected chi connectivity index (χ2v) is 8.99. The molecule has 0 radical (unpaired) electrons. The Hall–Kier alpha value is -4.99. The summed E-state index contributed by atoms with van der Waals surface area (Å²) in [4.78, 5) is 38.4. The molecule has 0 aliphatic carbocycles. The van der Waals surface area contributed by atoms with E-state index in [1.54, 1.807) is 62.4 Å². The highest BCUT2D eigenvalue weighted by Gasteiger charge is 2.25. The summed E-state index contributed by atoms with van der Waals surface area (Å²) in [6, 6.07) is 20.6. The van der Waals surface area contributed by atoms with Crippen LogP contribution in [0.5, 0.6) is 0 Å². The molecule has 0 spiro atoms. The first-order valence-corrected chi connectivity index (χ1v) is 12.5. The first-order chi connectivity index (χ1) is 19.3. The van der Waals surface area contributed by atoms with Crippen LogP contribution in [0.15, 0.2) is 83.4 Å². The second-order valence-electron chi connectivity index (χ2n) is 8.99. The Morgan fingerprint density at radius 1 is 0.900 bits per heavy atom. The molecule has 0 aliphatic rings. The molecule has 4 rings (SSSR count). The van der Waals surface area contributed by atoms with Crippen molar-refractivity contribution < 1.29 is 32.8 Å². The van der Waals surface area contributed by atoms with Crippen molar-refractivity contribution in [2.24, 2.45) is 0 Å². The van der Waals surface area contributed by atoms with Crippen LogP contribution >= 0.6 is 0 Å². The number of carbonyl (C=O) groups is 3. The Kier molecular flexibility index (Phi) is 9.24. The predicted octanol–water partition coefficient (Wildman–Crippen LogP) is 4.87. The number of nitrogens with one attached hydrogen (secondary N) is 2. The fourth-order valence-electron chi connectivity index (χ4n) is 3.99. The molecule has 206 valence electrons. The average molecular weight is 546 g/mol. The van der Waals surface area contributed by atoms with Gasteiger partial charge in [-0.3, -0.25) is 4.79 Å². The van der Waals surface area contributed by atoms with Crippen LogP contribution < -0.4 is 10.6 Å². The van der Waals surface area contributed by atoms with Gasteiger partial charge in [0.25, 0.3) is 5.91 Å². The minimum absolute atomic E-state index is 0.0121. The number of ether oxygens (including phenoxy) is 2. The van der Waals surface area contributed by atoms with E-state index in [1.165, 1.54) is 12.1 Å². The highest BCUT2D eigenvalue weighted by molar-refractivity contribution is 5.96. The summed E-state index contributed by atoms with van der Waals surface area (Å²) in [6.45, 7) is 3.02. The summed E-state index contributed by atoms with van der Waals surface area (Å²) < 4.78 is 30.2. The van der Waals surface area contributed by atoms with Crippen LogP contribution in [-0.4, -0.2) is 35.7 Å². The molecule has 2 amide bonds. The molecular weight excluding hydrogens is 517 g/mol. The van der Waals surface area contributed by atoms with Gasteiger partial charge in [-0.1, -0.05) is 65.8 Å². The molecule has 1 aromatic heterocycles. The molecule has 40 heavy (non-hydrogen) atoms. The summed E-state index contributed by atoms with van der Waals surface area (Å²) >= 11 is 0. The van der Waals surface area contributed by atoms with Gasteiger partial charge in [0.2, 0.25) is 0 Å². The van der Waals surface area contributed by atoms with Crippen molar-refractivity contribution in [3.63, 3.8) is 0 Å². The SMILES string of the molecule is Cc1noc(C)c1-c1cc(F)cc(C(=O)NC[C@@H](NC(=O)OCc2ccccc2)C(=O)OCc2ccccc2)c1. The highest BCUT2D eigenvalue weighted by atomic mass is 19.1. The molecule has 4 aromatic rings. The molecule has 0 bridgehead atoms. The lowest BCUT2D eigenvalue weighted by molar-refractivity contribution is -0.147. The second kappa shape index (κ2) is 13.2. The highest BCUT2D eigenvalue weighted by Crippen LogP contribution is 2.28. The van der Waals surface area contributed by atoms with Gasteiger partial charge in [0.1, 0.15) is 30.8 Å². The number of carbonyl (C=O) groups excluding carboxylic acids is 3. The third kappa shape index (κ3) is 7.53. The van der Waals surface area contributed by atoms with Gasteiger partial charge in [-0.25, -0.2) is 14.0 Å². The van der Waals surface area contributed by atoms with E-state index in [0.29, 0.717) is 22.6 Å². The third-order valence-corrected chi connectivity index (χ3v) is 5.96. The van der Waals surface area contributed by atoms with Gasteiger partial charge in [0.15, 0.2) is 0 Å². The number of hydrogen-bond donors (Lipinski definition) is 2. The van der Waals surface area contributed by atoms with Gasteiger partial charge in [-0.2, -0.15) is 0 Å². The van der Waals surface area contributed by atoms with Crippen molar-refractivity contribution in [3.8, 4) is 11.1 Å². The summed E-state index contributed by atoms with van der Waals surface area (Å²) in [5, 5.41) is 8.89. The number of benzene rings is 3. The number of halogens is 1. The maximum atomic E-state index is 14.5. The molecule has 3 aromatic carbocycles. The van der Waals surface area contributed by atoms with Crippen LogP contribution in [0.1, 0.15) is 32.9 Å². The van der Waals surface area contributed by atoms with E-state index in [-0.39, 0.29) is 25.3 Å². The molecule has 0 fully saturated rings. The lowest BCUT2D eigenvalue weighted by atomic mass is 10.0. The monoisotopic (exact) mass is 545 g/mol. The van der Waals surface area contributed by atoms with E-state index in [4.69, 9.17) is 14.0 Å². The van der Waals surface area contributed by atoms with Crippen molar-refractivity contribution >= 4 is 18.0 Å². The van der Waals surface area contributed by atoms with Gasteiger partial charge in [0, 0.05) is 17.7 Å². The minimum Gasteiger partial charge on any atom is -0.459 e. The molecular formula is C30H28FN3O6. The zero-order valence-corrected chi connectivity index (χ0v) is 22.0. The Labute approximate surface area is 230 Å². The number of aromatic nitrogens is 1. The van der Waals surface area contributed by atoms with E-state index < -0.39 is 29.8 Å². The Morgan fingerprint density at radius 2 is 1.52 bits per heavy atom. The van der Waals surface area contributed by atoms with E-state index in [1.807, 2.05) is 12.1 Å². The molecule has 1 heterocycles. The largest absolute Gasteiger partial charge is 0.459 e. The van der Waals surface area contributed by atoms with Crippen LogP contribution in [0.3, 0.4) is 0 Å². The molecule has 0 saturated heterocycles. The summed E-state index contributed by atoms with van der Waals surface area (Å²) in [7, 11) is 0. The van der Waals surface area contributed by atoms with E-state index >= 15 is 0 Å². The Bertz CT molecular complexity index is 1450. The van der Waals surface area contributed by atoms with Gasteiger partial charge >= 0.3 is 12.1 Å². The number of hydrogen-bond acceptors (Lipinski definition) is 7. The molecule has 0 saturated carbocycles. The van der Waals surface area contributed by atoms with E-state index in [9.17, 15) is 18.8 Å². The summed E-state index contributed by atoms with van der Waals surface area (Å²) in [6.07, 6.45) is -0.869. The maximum absolute atomic E-state index is 14.5. The molecule has 0 unspecified atom stereocenters. The third-order valence-electron chi connectivity index (χ3n) is 5.96. The van der Waals surface area contributed by atoms with E-state index in [2.05, 4.69) is 15.8 Å². The molecule has 2 N–H and O–H groups in total. The summed E-state index contributed by atoms with van der Waals surface area (Å²) in [5.74, 6) is -1.60. The number of aryl methyl sites for hydroxylation is 2. The molecule has 10 heteroatoms. The lowest BCUT2D eigenvalue weighted by Crippen LogP contribution is -2.49. The fourth-order valence-corrected chi connectivity index (χ4v) is 3.99. The number of amides is 2. The topological polar surface area (TPSA) is 120 Å². The van der Waals surface area contributed by atoms with Crippen LogP contribution in [0.25, 0.3) is 11.1 Å². The number of esters is 1. The zero-order valence-electron chi connectivity index (χ0n) is 22.0. The smallest absolute Gasteiger partial charge is 0.408 e. The number of alkyl carbamates (subject to hydrolysis) is 1. The first-order valence-electron chi connectivity index (χ1n) is 12.5. The van der Waals surface area contributed by atoms with Crippen LogP contribution in [-0.2, 0) is 27.5 Å². The molecule has 9 nitrogen and oxygen atoms in total. The maximum Gasteiger partial charge on any atom is 0.408 e. The van der Waals surface area contributed by atoms with Crippen molar-refractivity contribution in [2.75, 3.05) is 6.54 Å².